The quantitative estimate of drug-likeness (QED) is 0.740. The van der Waals surface area contributed by atoms with E-state index < -0.39 is 0 Å². The minimum atomic E-state index is -0.205. The van der Waals surface area contributed by atoms with Gasteiger partial charge >= 0.3 is 0 Å². The summed E-state index contributed by atoms with van der Waals surface area (Å²) in [5.74, 6) is 0.531. The molecule has 0 aromatic carbocycles. The summed E-state index contributed by atoms with van der Waals surface area (Å²) in [6.07, 6.45) is 0. The molecule has 5 heteroatoms. The molecule has 0 bridgehead atoms. The summed E-state index contributed by atoms with van der Waals surface area (Å²) >= 11 is 0. The van der Waals surface area contributed by atoms with Crippen molar-refractivity contribution in [2.45, 2.75) is 33.2 Å². The van der Waals surface area contributed by atoms with Gasteiger partial charge in [-0.3, -0.25) is 0 Å². The van der Waals surface area contributed by atoms with E-state index in [9.17, 15) is 0 Å². The molecule has 1 rings (SSSR count). The lowest BCUT2D eigenvalue weighted by atomic mass is 10.1. The van der Waals surface area contributed by atoms with Crippen molar-refractivity contribution >= 4 is 5.95 Å². The van der Waals surface area contributed by atoms with Crippen LogP contribution in [-0.2, 0) is 0 Å². The largest absolute Gasteiger partial charge is 0.347 e. The van der Waals surface area contributed by atoms with Gasteiger partial charge in [-0.1, -0.05) is 0 Å². The molecule has 0 aliphatic heterocycles. The highest BCUT2D eigenvalue weighted by Gasteiger charge is 2.16. The normalized spacial score (nSPS) is 11.5. The van der Waals surface area contributed by atoms with Crippen molar-refractivity contribution in [1.82, 2.24) is 15.2 Å². The molecule has 0 spiro atoms. The summed E-state index contributed by atoms with van der Waals surface area (Å²) in [5.41, 5.74) is 7.11. The van der Waals surface area contributed by atoms with Gasteiger partial charge in [0.1, 0.15) is 0 Å². The number of nitrogens with zero attached hydrogens (tertiary/aromatic N) is 3. The SMILES string of the molecule is Cc1nnc(NC(C)(C)CN)nc1C. The minimum absolute atomic E-state index is 0.205. The molecule has 0 aliphatic rings. The van der Waals surface area contributed by atoms with Crippen molar-refractivity contribution in [1.29, 1.82) is 0 Å². The van der Waals surface area contributed by atoms with Crippen LogP contribution in [0.1, 0.15) is 25.2 Å². The molecule has 1 aromatic rings. The Hall–Kier alpha value is -1.23. The molecule has 0 amide bonds. The maximum Gasteiger partial charge on any atom is 0.243 e. The Labute approximate surface area is 84.1 Å². The molecule has 3 N–H and O–H groups in total. The van der Waals surface area contributed by atoms with Crippen LogP contribution in [0, 0.1) is 13.8 Å². The van der Waals surface area contributed by atoms with E-state index in [1.165, 1.54) is 0 Å². The first-order chi connectivity index (χ1) is 6.44. The first-order valence-corrected chi connectivity index (χ1v) is 4.61. The molecular formula is C9H17N5. The maximum absolute atomic E-state index is 5.58. The Balaban J connectivity index is 2.83. The zero-order valence-electron chi connectivity index (χ0n) is 9.13. The van der Waals surface area contributed by atoms with Gasteiger partial charge in [0.05, 0.1) is 11.4 Å². The highest BCUT2D eigenvalue weighted by Crippen LogP contribution is 2.09. The summed E-state index contributed by atoms with van der Waals surface area (Å²) in [6.45, 7) is 8.29. The van der Waals surface area contributed by atoms with Crippen molar-refractivity contribution in [3.05, 3.63) is 11.4 Å². The molecule has 1 heterocycles. The van der Waals surface area contributed by atoms with Crippen molar-refractivity contribution in [2.75, 3.05) is 11.9 Å². The number of aromatic nitrogens is 3. The average molecular weight is 195 g/mol. The summed E-state index contributed by atoms with van der Waals surface area (Å²) in [4.78, 5) is 4.27. The van der Waals surface area contributed by atoms with Crippen molar-refractivity contribution in [3.63, 3.8) is 0 Å². The summed E-state index contributed by atoms with van der Waals surface area (Å²) in [5, 5.41) is 11.1. The molecule has 0 unspecified atom stereocenters. The van der Waals surface area contributed by atoms with Crippen LogP contribution in [0.3, 0.4) is 0 Å². The van der Waals surface area contributed by atoms with Crippen molar-refractivity contribution in [3.8, 4) is 0 Å². The van der Waals surface area contributed by atoms with Gasteiger partial charge in [0.25, 0.3) is 0 Å². The standard InChI is InChI=1S/C9H17N5/c1-6-7(2)13-14-8(11-6)12-9(3,4)5-10/h5,10H2,1-4H3,(H,11,12,14). The predicted molar refractivity (Wildman–Crippen MR) is 56.1 cm³/mol. The van der Waals surface area contributed by atoms with Gasteiger partial charge in [-0.05, 0) is 27.7 Å². The van der Waals surface area contributed by atoms with E-state index in [0.717, 1.165) is 11.4 Å². The molecule has 0 atom stereocenters. The fraction of sp³-hybridized carbons (Fsp3) is 0.667. The minimum Gasteiger partial charge on any atom is -0.347 e. The molecule has 5 nitrogen and oxygen atoms in total. The van der Waals surface area contributed by atoms with Gasteiger partial charge in [0.2, 0.25) is 5.95 Å². The number of nitrogens with one attached hydrogen (secondary N) is 1. The van der Waals surface area contributed by atoms with Gasteiger partial charge in [-0.25, -0.2) is 4.98 Å². The Morgan fingerprint density at radius 3 is 2.36 bits per heavy atom. The van der Waals surface area contributed by atoms with Crippen LogP contribution >= 0.6 is 0 Å². The molecule has 0 aliphatic carbocycles. The van der Waals surface area contributed by atoms with Crippen LogP contribution in [0.2, 0.25) is 0 Å². The van der Waals surface area contributed by atoms with E-state index in [1.807, 2.05) is 27.7 Å². The monoisotopic (exact) mass is 195 g/mol. The molecule has 14 heavy (non-hydrogen) atoms. The number of hydrogen-bond acceptors (Lipinski definition) is 5. The lowest BCUT2D eigenvalue weighted by molar-refractivity contribution is 0.571. The zero-order valence-corrected chi connectivity index (χ0v) is 9.13. The van der Waals surface area contributed by atoms with E-state index >= 15 is 0 Å². The first-order valence-electron chi connectivity index (χ1n) is 4.61. The fourth-order valence-corrected chi connectivity index (χ4v) is 0.863. The fourth-order valence-electron chi connectivity index (χ4n) is 0.863. The van der Waals surface area contributed by atoms with Crippen LogP contribution in [-0.4, -0.2) is 27.3 Å². The predicted octanol–water partition coefficient (Wildman–Crippen LogP) is 0.638. The van der Waals surface area contributed by atoms with Gasteiger partial charge < -0.3 is 11.1 Å². The van der Waals surface area contributed by atoms with Crippen LogP contribution < -0.4 is 11.1 Å². The van der Waals surface area contributed by atoms with Gasteiger partial charge in [-0.2, -0.15) is 5.10 Å². The Morgan fingerprint density at radius 1 is 1.21 bits per heavy atom. The third-order valence-electron chi connectivity index (χ3n) is 2.05. The third-order valence-corrected chi connectivity index (χ3v) is 2.05. The van der Waals surface area contributed by atoms with Crippen LogP contribution in [0.25, 0.3) is 0 Å². The van der Waals surface area contributed by atoms with E-state index in [4.69, 9.17) is 5.73 Å². The van der Waals surface area contributed by atoms with E-state index in [-0.39, 0.29) is 5.54 Å². The highest BCUT2D eigenvalue weighted by atomic mass is 15.3. The third kappa shape index (κ3) is 2.63. The number of hydrogen-bond donors (Lipinski definition) is 2. The molecular weight excluding hydrogens is 178 g/mol. The molecule has 78 valence electrons. The van der Waals surface area contributed by atoms with Gasteiger partial charge in [-0.15, -0.1) is 5.10 Å². The van der Waals surface area contributed by atoms with E-state index in [1.54, 1.807) is 0 Å². The van der Waals surface area contributed by atoms with E-state index in [0.29, 0.717) is 12.5 Å². The Bertz CT molecular complexity index is 321. The number of nitrogens with two attached hydrogens (primary N) is 1. The Morgan fingerprint density at radius 2 is 1.86 bits per heavy atom. The van der Waals surface area contributed by atoms with Crippen LogP contribution in [0.4, 0.5) is 5.95 Å². The summed E-state index contributed by atoms with van der Waals surface area (Å²) in [6, 6.07) is 0. The number of aryl methyl sites for hydroxylation is 2. The molecule has 0 saturated heterocycles. The number of anilines is 1. The molecule has 0 radical (unpaired) electrons. The van der Waals surface area contributed by atoms with Crippen molar-refractivity contribution < 1.29 is 0 Å². The second kappa shape index (κ2) is 3.88. The summed E-state index contributed by atoms with van der Waals surface area (Å²) < 4.78 is 0. The van der Waals surface area contributed by atoms with Gasteiger partial charge in [0, 0.05) is 12.1 Å². The first kappa shape index (κ1) is 10.8. The molecule has 1 aromatic heterocycles. The van der Waals surface area contributed by atoms with Gasteiger partial charge in [0.15, 0.2) is 0 Å². The highest BCUT2D eigenvalue weighted by molar-refractivity contribution is 5.28. The van der Waals surface area contributed by atoms with E-state index in [2.05, 4.69) is 20.5 Å². The lowest BCUT2D eigenvalue weighted by Gasteiger charge is -2.23. The topological polar surface area (TPSA) is 76.7 Å². The smallest absolute Gasteiger partial charge is 0.243 e. The zero-order chi connectivity index (χ0) is 10.8. The van der Waals surface area contributed by atoms with Crippen LogP contribution in [0.5, 0.6) is 0 Å². The number of rotatable bonds is 3. The van der Waals surface area contributed by atoms with Crippen molar-refractivity contribution in [2.24, 2.45) is 5.73 Å². The maximum atomic E-state index is 5.58. The second-order valence-corrected chi connectivity index (χ2v) is 4.02. The summed E-state index contributed by atoms with van der Waals surface area (Å²) in [7, 11) is 0. The Kier molecular flexibility index (Phi) is 3.00. The molecule has 0 saturated carbocycles. The molecule has 0 fully saturated rings. The average Bonchev–Trinajstić information content (AvgIpc) is 2.11. The lowest BCUT2D eigenvalue weighted by Crippen LogP contribution is -2.39. The van der Waals surface area contributed by atoms with Crippen LogP contribution in [0.15, 0.2) is 0 Å². The second-order valence-electron chi connectivity index (χ2n) is 4.02.